The summed E-state index contributed by atoms with van der Waals surface area (Å²) in [6.45, 7) is 0.646. The molecule has 3 N–H and O–H groups in total. The number of fused-ring (bicyclic) bond motifs is 1. The Labute approximate surface area is 239 Å². The molecule has 0 saturated heterocycles. The van der Waals surface area contributed by atoms with Crippen molar-refractivity contribution in [2.75, 3.05) is 22.5 Å². The van der Waals surface area contributed by atoms with Crippen LogP contribution in [-0.4, -0.2) is 30.4 Å². The Morgan fingerprint density at radius 3 is 2.17 bits per heavy atom. The SMILES string of the molecule is [B]c1ccccc1NC(=O)Nc1ccc(CCNc2ncnc3oc(-c4ccccc4)c(-c4ccccc4)c23)cc1. The smallest absolute Gasteiger partial charge is 0.323 e. The second kappa shape index (κ2) is 11.8. The number of carbonyl (C=O) groups is 1. The van der Waals surface area contributed by atoms with Crippen molar-refractivity contribution in [3.8, 4) is 22.5 Å². The number of hydrogen-bond acceptors (Lipinski definition) is 5. The van der Waals surface area contributed by atoms with Gasteiger partial charge in [-0.15, -0.1) is 0 Å². The molecule has 0 aliphatic heterocycles. The Morgan fingerprint density at radius 2 is 1.44 bits per heavy atom. The standard InChI is InChI=1S/C33H26BN5O2/c34-26-13-7-8-14-27(26)39-33(40)38-25-17-15-22(16-18-25)19-20-35-31-29-28(23-9-3-1-4-10-23)30(24-11-5-2-6-12-24)41-32(29)37-21-36-31/h1-18,21H,19-20H2,(H,35,36,37)(H2,38,39,40). The van der Waals surface area contributed by atoms with Crippen molar-refractivity contribution in [3.05, 3.63) is 121 Å². The third-order valence-corrected chi connectivity index (χ3v) is 6.71. The molecule has 198 valence electrons. The van der Waals surface area contributed by atoms with Crippen molar-refractivity contribution in [2.45, 2.75) is 6.42 Å². The number of nitrogens with zero attached hydrogens (tertiary/aromatic N) is 2. The van der Waals surface area contributed by atoms with Gasteiger partial charge in [-0.05, 0) is 35.7 Å². The van der Waals surface area contributed by atoms with Crippen LogP contribution in [0.5, 0.6) is 0 Å². The maximum Gasteiger partial charge on any atom is 0.323 e. The predicted molar refractivity (Wildman–Crippen MR) is 166 cm³/mol. The minimum atomic E-state index is -0.353. The highest BCUT2D eigenvalue weighted by Gasteiger charge is 2.21. The summed E-state index contributed by atoms with van der Waals surface area (Å²) in [4.78, 5) is 21.4. The molecule has 2 heterocycles. The van der Waals surface area contributed by atoms with Gasteiger partial charge in [-0.3, -0.25) is 0 Å². The molecule has 0 aliphatic carbocycles. The Kier molecular flexibility index (Phi) is 7.45. The minimum Gasteiger partial charge on any atom is -0.437 e. The molecule has 41 heavy (non-hydrogen) atoms. The van der Waals surface area contributed by atoms with Gasteiger partial charge >= 0.3 is 6.03 Å². The second-order valence-electron chi connectivity index (χ2n) is 9.48. The molecular formula is C33H26BN5O2. The fraction of sp³-hybridized carbons (Fsp3) is 0.0606. The number of carbonyl (C=O) groups excluding carboxylic acids is 1. The number of aromatic nitrogens is 2. The molecule has 0 spiro atoms. The normalized spacial score (nSPS) is 10.8. The highest BCUT2D eigenvalue weighted by atomic mass is 16.3. The molecule has 7 nitrogen and oxygen atoms in total. The monoisotopic (exact) mass is 535 g/mol. The van der Waals surface area contributed by atoms with Gasteiger partial charge in [0.15, 0.2) is 0 Å². The topological polar surface area (TPSA) is 92.1 Å². The van der Waals surface area contributed by atoms with E-state index < -0.39 is 0 Å². The summed E-state index contributed by atoms with van der Waals surface area (Å²) in [7, 11) is 5.91. The Balaban J connectivity index is 1.17. The van der Waals surface area contributed by atoms with Crippen LogP contribution < -0.4 is 21.4 Å². The number of para-hydroxylation sites is 1. The molecule has 8 heteroatoms. The van der Waals surface area contributed by atoms with E-state index in [0.29, 0.717) is 29.1 Å². The van der Waals surface area contributed by atoms with E-state index in [1.54, 1.807) is 12.1 Å². The van der Waals surface area contributed by atoms with E-state index in [2.05, 4.69) is 38.1 Å². The van der Waals surface area contributed by atoms with Crippen LogP contribution in [0.2, 0.25) is 0 Å². The molecular weight excluding hydrogens is 509 g/mol. The molecule has 4 aromatic carbocycles. The van der Waals surface area contributed by atoms with Crippen molar-refractivity contribution in [3.63, 3.8) is 0 Å². The molecule has 0 atom stereocenters. The Hall–Kier alpha value is -5.37. The van der Waals surface area contributed by atoms with Crippen LogP contribution in [0.3, 0.4) is 0 Å². The van der Waals surface area contributed by atoms with Crippen LogP contribution in [0.15, 0.2) is 120 Å². The summed E-state index contributed by atoms with van der Waals surface area (Å²) in [6.07, 6.45) is 2.27. The van der Waals surface area contributed by atoms with E-state index in [-0.39, 0.29) is 6.03 Å². The molecule has 6 rings (SSSR count). The first kappa shape index (κ1) is 25.9. The van der Waals surface area contributed by atoms with Crippen LogP contribution in [0, 0.1) is 0 Å². The number of nitrogens with one attached hydrogen (secondary N) is 3. The molecule has 0 aliphatic rings. The average Bonchev–Trinajstić information content (AvgIpc) is 3.41. The van der Waals surface area contributed by atoms with Crippen molar-refractivity contribution in [2.24, 2.45) is 0 Å². The summed E-state index contributed by atoms with van der Waals surface area (Å²) in [5.74, 6) is 1.48. The van der Waals surface area contributed by atoms with Crippen molar-refractivity contribution >= 4 is 47.6 Å². The highest BCUT2D eigenvalue weighted by molar-refractivity contribution is 6.36. The van der Waals surface area contributed by atoms with Gasteiger partial charge in [-0.25, -0.2) is 14.8 Å². The number of furan rings is 1. The van der Waals surface area contributed by atoms with Gasteiger partial charge in [-0.1, -0.05) is 96.5 Å². The van der Waals surface area contributed by atoms with Crippen LogP contribution in [-0.2, 0) is 6.42 Å². The number of anilines is 3. The lowest BCUT2D eigenvalue weighted by Gasteiger charge is -2.11. The fourth-order valence-corrected chi connectivity index (χ4v) is 4.72. The van der Waals surface area contributed by atoms with Crippen LogP contribution in [0.25, 0.3) is 33.6 Å². The van der Waals surface area contributed by atoms with Crippen molar-refractivity contribution < 1.29 is 9.21 Å². The first-order chi connectivity index (χ1) is 20.2. The summed E-state index contributed by atoms with van der Waals surface area (Å²) in [5.41, 5.74) is 6.37. The number of amides is 2. The van der Waals surface area contributed by atoms with Crippen molar-refractivity contribution in [1.29, 1.82) is 0 Å². The zero-order valence-corrected chi connectivity index (χ0v) is 22.2. The van der Waals surface area contributed by atoms with E-state index in [4.69, 9.17) is 12.3 Å². The summed E-state index contributed by atoms with van der Waals surface area (Å²) in [6, 6.07) is 34.7. The van der Waals surface area contributed by atoms with Gasteiger partial charge in [-0.2, -0.15) is 0 Å². The first-order valence-corrected chi connectivity index (χ1v) is 13.3. The maximum atomic E-state index is 12.4. The van der Waals surface area contributed by atoms with E-state index in [1.807, 2.05) is 84.9 Å². The average molecular weight is 535 g/mol. The van der Waals surface area contributed by atoms with Crippen LogP contribution >= 0.6 is 0 Å². The van der Waals surface area contributed by atoms with Gasteiger partial charge in [0.1, 0.15) is 25.8 Å². The first-order valence-electron chi connectivity index (χ1n) is 13.3. The maximum absolute atomic E-state index is 12.4. The van der Waals surface area contributed by atoms with Crippen molar-refractivity contribution in [1.82, 2.24) is 9.97 Å². The molecule has 6 aromatic rings. The van der Waals surface area contributed by atoms with E-state index in [9.17, 15) is 4.79 Å². The predicted octanol–water partition coefficient (Wildman–Crippen LogP) is 6.65. The summed E-state index contributed by atoms with van der Waals surface area (Å²) in [5, 5.41) is 9.94. The largest absolute Gasteiger partial charge is 0.437 e. The number of hydrogen-bond donors (Lipinski definition) is 3. The summed E-state index contributed by atoms with van der Waals surface area (Å²) < 4.78 is 6.30. The summed E-state index contributed by atoms with van der Waals surface area (Å²) >= 11 is 0. The zero-order chi connectivity index (χ0) is 28.0. The molecule has 2 radical (unpaired) electrons. The third kappa shape index (κ3) is 5.82. The van der Waals surface area contributed by atoms with Gasteiger partial charge in [0, 0.05) is 29.0 Å². The van der Waals surface area contributed by atoms with Crippen LogP contribution in [0.1, 0.15) is 5.56 Å². The lowest BCUT2D eigenvalue weighted by molar-refractivity contribution is 0.262. The van der Waals surface area contributed by atoms with Gasteiger partial charge < -0.3 is 20.4 Å². The fourth-order valence-electron chi connectivity index (χ4n) is 4.72. The molecule has 0 unspecified atom stereocenters. The quantitative estimate of drug-likeness (QED) is 0.190. The highest BCUT2D eigenvalue weighted by Crippen LogP contribution is 2.42. The Morgan fingerprint density at radius 1 is 0.756 bits per heavy atom. The van der Waals surface area contributed by atoms with Crippen LogP contribution in [0.4, 0.5) is 22.0 Å². The van der Waals surface area contributed by atoms with E-state index in [0.717, 1.165) is 45.6 Å². The van der Waals surface area contributed by atoms with Gasteiger partial charge in [0.2, 0.25) is 5.71 Å². The molecule has 2 aromatic heterocycles. The molecule has 2 amide bonds. The lowest BCUT2D eigenvalue weighted by Crippen LogP contribution is -2.23. The molecule has 0 bridgehead atoms. The number of benzene rings is 4. The second-order valence-corrected chi connectivity index (χ2v) is 9.48. The third-order valence-electron chi connectivity index (χ3n) is 6.71. The number of rotatable bonds is 8. The van der Waals surface area contributed by atoms with E-state index in [1.165, 1.54) is 6.33 Å². The van der Waals surface area contributed by atoms with Gasteiger partial charge in [0.05, 0.1) is 5.39 Å². The lowest BCUT2D eigenvalue weighted by atomic mass is 9.94. The van der Waals surface area contributed by atoms with Gasteiger partial charge in [0.25, 0.3) is 0 Å². The number of urea groups is 1. The molecule has 0 saturated carbocycles. The zero-order valence-electron chi connectivity index (χ0n) is 22.2. The molecule has 0 fully saturated rings. The Bertz CT molecular complexity index is 1790. The van der Waals surface area contributed by atoms with E-state index >= 15 is 0 Å². The minimum absolute atomic E-state index is 0.353.